The van der Waals surface area contributed by atoms with Crippen LogP contribution in [0.5, 0.6) is 0 Å². The van der Waals surface area contributed by atoms with Crippen LogP contribution in [-0.4, -0.2) is 0 Å². The molecule has 0 aliphatic heterocycles. The van der Waals surface area contributed by atoms with E-state index in [4.69, 9.17) is 0 Å². The van der Waals surface area contributed by atoms with Gasteiger partial charge in [-0.25, -0.2) is 0 Å². The second-order valence-corrected chi connectivity index (χ2v) is 7.44. The molecule has 0 saturated carbocycles. The van der Waals surface area contributed by atoms with Gasteiger partial charge in [0.15, 0.2) is 0 Å². The average Bonchev–Trinajstić information content (AvgIpc) is 2.38. The predicted molar refractivity (Wildman–Crippen MR) is 107 cm³/mol. The zero-order valence-electron chi connectivity index (χ0n) is 14.6. The van der Waals surface area contributed by atoms with Crippen LogP contribution in [0.15, 0.2) is 44.6 Å². The van der Waals surface area contributed by atoms with Crippen molar-refractivity contribution in [2.75, 3.05) is 0 Å². The van der Waals surface area contributed by atoms with E-state index in [-0.39, 0.29) is 0 Å². The van der Waals surface area contributed by atoms with Crippen LogP contribution in [0.25, 0.3) is 0 Å². The van der Waals surface area contributed by atoms with Crippen LogP contribution in [0.4, 0.5) is 0 Å². The number of halogens is 1. The fraction of sp³-hybridized carbons (Fsp3) is 0.600. The third kappa shape index (κ3) is 14.4. The summed E-state index contributed by atoms with van der Waals surface area (Å²) in [7, 11) is 0. The topological polar surface area (TPSA) is 0 Å². The normalized spacial score (nSPS) is 13.5. The highest BCUT2D eigenvalue weighted by atomic mass is 127. The van der Waals surface area contributed by atoms with E-state index in [2.05, 4.69) is 81.5 Å². The summed E-state index contributed by atoms with van der Waals surface area (Å²) in [6.07, 6.45) is 17.8. The number of allylic oxidation sites excluding steroid dienone is 8. The maximum absolute atomic E-state index is 2.46. The Morgan fingerprint density at radius 1 is 0.714 bits per heavy atom. The Balaban J connectivity index is 3.93. The van der Waals surface area contributed by atoms with Gasteiger partial charge in [-0.05, 0) is 98.8 Å². The molecule has 0 aromatic heterocycles. The van der Waals surface area contributed by atoms with Crippen molar-refractivity contribution in [2.24, 2.45) is 0 Å². The monoisotopic (exact) mass is 400 g/mol. The third-order valence-corrected chi connectivity index (χ3v) is 4.40. The minimum Gasteiger partial charge on any atom is -0.0856 e. The van der Waals surface area contributed by atoms with Gasteiger partial charge in [-0.1, -0.05) is 47.9 Å². The fourth-order valence-corrected chi connectivity index (χ4v) is 2.87. The number of hydrogen-bond donors (Lipinski definition) is 0. The van der Waals surface area contributed by atoms with Gasteiger partial charge in [0.05, 0.1) is 0 Å². The SMILES string of the molecule is CC/C=C(\I)CC/C=C(\C)CC/C=C(\C)CCC=C(C)C. The largest absolute Gasteiger partial charge is 0.0856 e. The molecule has 0 heterocycles. The van der Waals surface area contributed by atoms with Gasteiger partial charge in [0.2, 0.25) is 0 Å². The van der Waals surface area contributed by atoms with E-state index in [0.717, 1.165) is 6.42 Å². The summed E-state index contributed by atoms with van der Waals surface area (Å²) in [5.41, 5.74) is 4.48. The van der Waals surface area contributed by atoms with E-state index >= 15 is 0 Å². The minimum atomic E-state index is 1.15. The van der Waals surface area contributed by atoms with Crippen LogP contribution < -0.4 is 0 Å². The lowest BCUT2D eigenvalue weighted by Gasteiger charge is -2.02. The summed E-state index contributed by atoms with van der Waals surface area (Å²) in [6.45, 7) is 11.1. The molecular formula is C20H33I. The maximum Gasteiger partial charge on any atom is -0.0131 e. The second-order valence-electron chi connectivity index (χ2n) is 6.06. The zero-order valence-corrected chi connectivity index (χ0v) is 16.8. The third-order valence-electron chi connectivity index (χ3n) is 3.42. The summed E-state index contributed by atoms with van der Waals surface area (Å²) in [5, 5.41) is 0. The van der Waals surface area contributed by atoms with Crippen molar-refractivity contribution in [1.29, 1.82) is 0 Å². The molecule has 0 atom stereocenters. The van der Waals surface area contributed by atoms with Gasteiger partial charge >= 0.3 is 0 Å². The molecule has 21 heavy (non-hydrogen) atoms. The van der Waals surface area contributed by atoms with Crippen molar-refractivity contribution < 1.29 is 0 Å². The Morgan fingerprint density at radius 2 is 1.19 bits per heavy atom. The van der Waals surface area contributed by atoms with Gasteiger partial charge in [-0.15, -0.1) is 0 Å². The lowest BCUT2D eigenvalue weighted by molar-refractivity contribution is 0.906. The summed E-state index contributed by atoms with van der Waals surface area (Å²) < 4.78 is 1.49. The molecular weight excluding hydrogens is 367 g/mol. The highest BCUT2D eigenvalue weighted by Gasteiger charge is 1.93. The van der Waals surface area contributed by atoms with Gasteiger partial charge in [0.1, 0.15) is 0 Å². The second kappa shape index (κ2) is 13.4. The lowest BCUT2D eigenvalue weighted by atomic mass is 10.1. The molecule has 1 heteroatoms. The van der Waals surface area contributed by atoms with Crippen LogP contribution in [0.3, 0.4) is 0 Å². The van der Waals surface area contributed by atoms with Gasteiger partial charge < -0.3 is 0 Å². The molecule has 120 valence electrons. The molecule has 0 nitrogen and oxygen atoms in total. The van der Waals surface area contributed by atoms with Gasteiger partial charge in [-0.2, -0.15) is 0 Å². The number of rotatable bonds is 10. The van der Waals surface area contributed by atoms with Crippen molar-refractivity contribution in [3.05, 3.63) is 44.6 Å². The zero-order chi connectivity index (χ0) is 16.1. The summed E-state index contributed by atoms with van der Waals surface area (Å²) >= 11 is 2.46. The summed E-state index contributed by atoms with van der Waals surface area (Å²) in [5.74, 6) is 0. The molecule has 0 bridgehead atoms. The molecule has 0 saturated heterocycles. The fourth-order valence-electron chi connectivity index (χ4n) is 2.12. The standard InChI is InChI=1S/C20H33I/c1-6-10-20(21)16-9-15-19(5)14-8-13-18(4)12-7-11-17(2)3/h10-11,13,15H,6-9,12,14,16H2,1-5H3/b18-13+,19-15+,20-10-. The molecule has 0 spiro atoms. The molecule has 0 rings (SSSR count). The Hall–Kier alpha value is -0.310. The van der Waals surface area contributed by atoms with E-state index in [0.29, 0.717) is 0 Å². The first-order valence-electron chi connectivity index (χ1n) is 8.24. The molecule has 0 aliphatic rings. The molecule has 0 amide bonds. The smallest absolute Gasteiger partial charge is 0.0131 e. The Labute approximate surface area is 146 Å². The molecule has 0 fully saturated rings. The van der Waals surface area contributed by atoms with Crippen molar-refractivity contribution in [3.8, 4) is 0 Å². The highest BCUT2D eigenvalue weighted by molar-refractivity contribution is 14.1. The Bertz CT molecular complexity index is 390. The van der Waals surface area contributed by atoms with Gasteiger partial charge in [0, 0.05) is 0 Å². The maximum atomic E-state index is 2.46. The summed E-state index contributed by atoms with van der Waals surface area (Å²) in [4.78, 5) is 0. The first kappa shape index (κ1) is 20.7. The van der Waals surface area contributed by atoms with E-state index in [1.165, 1.54) is 58.8 Å². The van der Waals surface area contributed by atoms with Crippen molar-refractivity contribution in [1.82, 2.24) is 0 Å². The average molecular weight is 400 g/mol. The van der Waals surface area contributed by atoms with Gasteiger partial charge in [0.25, 0.3) is 0 Å². The first-order valence-corrected chi connectivity index (χ1v) is 9.32. The Morgan fingerprint density at radius 3 is 1.67 bits per heavy atom. The Kier molecular flexibility index (Phi) is 13.2. The van der Waals surface area contributed by atoms with Crippen molar-refractivity contribution >= 4 is 22.6 Å². The van der Waals surface area contributed by atoms with Crippen molar-refractivity contribution in [3.63, 3.8) is 0 Å². The molecule has 0 aromatic rings. The van der Waals surface area contributed by atoms with E-state index in [9.17, 15) is 0 Å². The van der Waals surface area contributed by atoms with E-state index in [1.807, 2.05) is 0 Å². The van der Waals surface area contributed by atoms with Crippen LogP contribution in [-0.2, 0) is 0 Å². The highest BCUT2D eigenvalue weighted by Crippen LogP contribution is 2.17. The quantitative estimate of drug-likeness (QED) is 0.258. The molecule has 0 aliphatic carbocycles. The summed E-state index contributed by atoms with van der Waals surface area (Å²) in [6, 6.07) is 0. The lowest BCUT2D eigenvalue weighted by Crippen LogP contribution is -1.81. The number of hydrogen-bond acceptors (Lipinski definition) is 0. The molecule has 0 aromatic carbocycles. The molecule has 0 N–H and O–H groups in total. The van der Waals surface area contributed by atoms with E-state index in [1.54, 1.807) is 0 Å². The van der Waals surface area contributed by atoms with Crippen LogP contribution >= 0.6 is 22.6 Å². The minimum absolute atomic E-state index is 1.15. The van der Waals surface area contributed by atoms with Crippen LogP contribution in [0.2, 0.25) is 0 Å². The first-order chi connectivity index (χ1) is 9.95. The predicted octanol–water partition coefficient (Wildman–Crippen LogP) is 7.91. The van der Waals surface area contributed by atoms with E-state index < -0.39 is 0 Å². The van der Waals surface area contributed by atoms with Gasteiger partial charge in [-0.3, -0.25) is 0 Å². The molecule has 0 unspecified atom stereocenters. The van der Waals surface area contributed by atoms with Crippen LogP contribution in [0, 0.1) is 0 Å². The molecule has 0 radical (unpaired) electrons. The van der Waals surface area contributed by atoms with Crippen molar-refractivity contribution in [2.45, 2.75) is 79.6 Å². The van der Waals surface area contributed by atoms with Crippen LogP contribution in [0.1, 0.15) is 79.6 Å².